The summed E-state index contributed by atoms with van der Waals surface area (Å²) in [6, 6.07) is 3.19. The second-order valence-electron chi connectivity index (χ2n) is 3.05. The van der Waals surface area contributed by atoms with Gasteiger partial charge in [-0.2, -0.15) is 0 Å². The Morgan fingerprint density at radius 1 is 1.31 bits per heavy atom. The standard InChI is InChI=1S/C10H10Cl2O/c1-6(2)3-7-4-8(11)5-9(12)10(7)13/h3-5,13H,1-2H3. The van der Waals surface area contributed by atoms with E-state index in [1.54, 1.807) is 6.07 Å². The smallest absolute Gasteiger partial charge is 0.141 e. The second-order valence-corrected chi connectivity index (χ2v) is 3.89. The van der Waals surface area contributed by atoms with Crippen LogP contribution in [0.2, 0.25) is 10.0 Å². The fraction of sp³-hybridized carbons (Fsp3) is 0.200. The van der Waals surface area contributed by atoms with Crippen molar-refractivity contribution in [2.45, 2.75) is 13.8 Å². The molecule has 0 amide bonds. The van der Waals surface area contributed by atoms with Crippen LogP contribution in [0.25, 0.3) is 6.08 Å². The zero-order valence-corrected chi connectivity index (χ0v) is 8.95. The molecule has 0 saturated heterocycles. The molecule has 1 aromatic carbocycles. The van der Waals surface area contributed by atoms with E-state index in [1.165, 1.54) is 6.07 Å². The lowest BCUT2D eigenvalue weighted by atomic mass is 10.1. The summed E-state index contributed by atoms with van der Waals surface area (Å²) in [5, 5.41) is 10.3. The van der Waals surface area contributed by atoms with E-state index in [0.717, 1.165) is 5.57 Å². The van der Waals surface area contributed by atoms with Gasteiger partial charge in [0.25, 0.3) is 0 Å². The molecule has 0 saturated carbocycles. The summed E-state index contributed by atoms with van der Waals surface area (Å²) in [6.07, 6.45) is 1.83. The first-order valence-electron chi connectivity index (χ1n) is 3.83. The van der Waals surface area contributed by atoms with Crippen molar-refractivity contribution in [3.8, 4) is 5.75 Å². The van der Waals surface area contributed by atoms with Gasteiger partial charge in [-0.25, -0.2) is 0 Å². The van der Waals surface area contributed by atoms with E-state index in [9.17, 15) is 5.11 Å². The molecule has 0 spiro atoms. The van der Waals surface area contributed by atoms with Crippen molar-refractivity contribution < 1.29 is 5.11 Å². The van der Waals surface area contributed by atoms with Gasteiger partial charge in [-0.1, -0.05) is 34.9 Å². The molecule has 0 aliphatic carbocycles. The van der Waals surface area contributed by atoms with Gasteiger partial charge in [-0.05, 0) is 26.0 Å². The van der Waals surface area contributed by atoms with Gasteiger partial charge in [-0.15, -0.1) is 0 Å². The number of rotatable bonds is 1. The molecule has 1 aromatic rings. The van der Waals surface area contributed by atoms with Crippen molar-refractivity contribution in [1.82, 2.24) is 0 Å². The van der Waals surface area contributed by atoms with Crippen LogP contribution >= 0.6 is 23.2 Å². The Bertz CT molecular complexity index is 352. The lowest BCUT2D eigenvalue weighted by molar-refractivity contribution is 0.474. The van der Waals surface area contributed by atoms with E-state index in [4.69, 9.17) is 23.2 Å². The monoisotopic (exact) mass is 216 g/mol. The summed E-state index contributed by atoms with van der Waals surface area (Å²) < 4.78 is 0. The van der Waals surface area contributed by atoms with E-state index >= 15 is 0 Å². The minimum absolute atomic E-state index is 0.0762. The third-order valence-electron chi connectivity index (χ3n) is 1.50. The van der Waals surface area contributed by atoms with Crippen molar-refractivity contribution in [3.63, 3.8) is 0 Å². The van der Waals surface area contributed by atoms with Crippen LogP contribution in [0, 0.1) is 0 Å². The predicted octanol–water partition coefficient (Wildman–Crippen LogP) is 4.12. The molecule has 0 bridgehead atoms. The van der Waals surface area contributed by atoms with E-state index in [0.29, 0.717) is 10.6 Å². The molecular weight excluding hydrogens is 207 g/mol. The Morgan fingerprint density at radius 3 is 2.46 bits per heavy atom. The molecule has 0 radical (unpaired) electrons. The number of halogens is 2. The molecule has 13 heavy (non-hydrogen) atoms. The van der Waals surface area contributed by atoms with Crippen molar-refractivity contribution in [1.29, 1.82) is 0 Å². The van der Waals surface area contributed by atoms with Crippen LogP contribution < -0.4 is 0 Å². The number of benzene rings is 1. The van der Waals surface area contributed by atoms with Crippen LogP contribution in [0.4, 0.5) is 0 Å². The second kappa shape index (κ2) is 4.03. The van der Waals surface area contributed by atoms with Crippen LogP contribution in [0.3, 0.4) is 0 Å². The largest absolute Gasteiger partial charge is 0.506 e. The topological polar surface area (TPSA) is 20.2 Å². The maximum absolute atomic E-state index is 9.54. The summed E-state index contributed by atoms with van der Waals surface area (Å²) in [7, 11) is 0. The van der Waals surface area contributed by atoms with Crippen LogP contribution in [0.15, 0.2) is 17.7 Å². The summed E-state index contributed by atoms with van der Waals surface area (Å²) >= 11 is 11.5. The van der Waals surface area contributed by atoms with Crippen molar-refractivity contribution >= 4 is 29.3 Å². The third-order valence-corrected chi connectivity index (χ3v) is 2.01. The van der Waals surface area contributed by atoms with Gasteiger partial charge in [0.05, 0.1) is 5.02 Å². The van der Waals surface area contributed by atoms with Gasteiger partial charge in [-0.3, -0.25) is 0 Å². The lowest BCUT2D eigenvalue weighted by Crippen LogP contribution is -1.78. The minimum Gasteiger partial charge on any atom is -0.506 e. The van der Waals surface area contributed by atoms with Crippen LogP contribution in [0.1, 0.15) is 19.4 Å². The zero-order chi connectivity index (χ0) is 10.0. The van der Waals surface area contributed by atoms with E-state index in [1.807, 2.05) is 19.9 Å². The highest BCUT2D eigenvalue weighted by Gasteiger charge is 2.05. The minimum atomic E-state index is 0.0762. The quantitative estimate of drug-likeness (QED) is 0.749. The average Bonchev–Trinajstić information content (AvgIpc) is 1.98. The fourth-order valence-electron chi connectivity index (χ4n) is 1.01. The summed E-state index contributed by atoms with van der Waals surface area (Å²) in [5.74, 6) is 0.0762. The lowest BCUT2D eigenvalue weighted by Gasteiger charge is -2.03. The molecule has 70 valence electrons. The van der Waals surface area contributed by atoms with Gasteiger partial charge in [0, 0.05) is 10.6 Å². The Morgan fingerprint density at radius 2 is 1.92 bits per heavy atom. The molecule has 0 heterocycles. The van der Waals surface area contributed by atoms with E-state index in [2.05, 4.69) is 0 Å². The Hall–Kier alpha value is -0.660. The number of phenols is 1. The summed E-state index contributed by atoms with van der Waals surface area (Å²) in [6.45, 7) is 3.88. The van der Waals surface area contributed by atoms with Gasteiger partial charge >= 0.3 is 0 Å². The normalized spacial score (nSPS) is 9.85. The summed E-state index contributed by atoms with van der Waals surface area (Å²) in [4.78, 5) is 0. The first kappa shape index (κ1) is 10.4. The number of hydrogen-bond donors (Lipinski definition) is 1. The molecule has 0 aliphatic rings. The highest BCUT2D eigenvalue weighted by Crippen LogP contribution is 2.32. The van der Waals surface area contributed by atoms with E-state index < -0.39 is 0 Å². The molecule has 0 fully saturated rings. The molecule has 0 aromatic heterocycles. The summed E-state index contributed by atoms with van der Waals surface area (Å²) in [5.41, 5.74) is 1.73. The molecule has 0 aliphatic heterocycles. The fourth-order valence-corrected chi connectivity index (χ4v) is 1.52. The van der Waals surface area contributed by atoms with Crippen LogP contribution in [0.5, 0.6) is 5.75 Å². The van der Waals surface area contributed by atoms with Gasteiger partial charge in [0.15, 0.2) is 0 Å². The zero-order valence-electron chi connectivity index (χ0n) is 7.44. The molecule has 3 heteroatoms. The maximum Gasteiger partial charge on any atom is 0.141 e. The predicted molar refractivity (Wildman–Crippen MR) is 57.5 cm³/mol. The van der Waals surface area contributed by atoms with Crippen molar-refractivity contribution in [2.24, 2.45) is 0 Å². The van der Waals surface area contributed by atoms with Crippen molar-refractivity contribution in [2.75, 3.05) is 0 Å². The average molecular weight is 217 g/mol. The molecule has 1 rings (SSSR count). The van der Waals surface area contributed by atoms with Crippen LogP contribution in [-0.2, 0) is 0 Å². The maximum atomic E-state index is 9.54. The molecular formula is C10H10Cl2O. The Kier molecular flexibility index (Phi) is 3.23. The number of allylic oxidation sites excluding steroid dienone is 1. The molecule has 1 N–H and O–H groups in total. The first-order chi connectivity index (χ1) is 6.00. The Labute approximate surface area is 87.6 Å². The van der Waals surface area contributed by atoms with Crippen LogP contribution in [-0.4, -0.2) is 5.11 Å². The van der Waals surface area contributed by atoms with Gasteiger partial charge < -0.3 is 5.11 Å². The third kappa shape index (κ3) is 2.64. The number of hydrogen-bond acceptors (Lipinski definition) is 1. The first-order valence-corrected chi connectivity index (χ1v) is 4.59. The number of phenolic OH excluding ortho intramolecular Hbond substituents is 1. The van der Waals surface area contributed by atoms with E-state index in [-0.39, 0.29) is 10.8 Å². The highest BCUT2D eigenvalue weighted by molar-refractivity contribution is 6.35. The van der Waals surface area contributed by atoms with Gasteiger partial charge in [0.1, 0.15) is 5.75 Å². The Balaban J connectivity index is 3.28. The van der Waals surface area contributed by atoms with Gasteiger partial charge in [0.2, 0.25) is 0 Å². The SMILES string of the molecule is CC(C)=Cc1cc(Cl)cc(Cl)c1O. The molecule has 0 unspecified atom stereocenters. The number of aromatic hydroxyl groups is 1. The highest BCUT2D eigenvalue weighted by atomic mass is 35.5. The molecule has 1 nitrogen and oxygen atoms in total. The molecule has 0 atom stereocenters. The van der Waals surface area contributed by atoms with Crippen molar-refractivity contribution in [3.05, 3.63) is 33.3 Å².